The van der Waals surface area contributed by atoms with Crippen LogP contribution in [0.5, 0.6) is 0 Å². The zero-order chi connectivity index (χ0) is 15.8. The molecule has 2 heterocycles. The first-order chi connectivity index (χ1) is 11.2. The summed E-state index contributed by atoms with van der Waals surface area (Å²) in [5.74, 6) is 0.964. The van der Waals surface area contributed by atoms with Crippen molar-refractivity contribution in [1.82, 2.24) is 9.78 Å². The molecule has 0 spiro atoms. The molecule has 1 aliphatic heterocycles. The minimum atomic E-state index is 0.695. The average molecular weight is 320 g/mol. The monoisotopic (exact) mass is 320 g/mol. The van der Waals surface area contributed by atoms with Crippen LogP contribution in [0.3, 0.4) is 0 Å². The summed E-state index contributed by atoms with van der Waals surface area (Å²) in [6, 6.07) is 20.3. The van der Waals surface area contributed by atoms with Crippen LogP contribution < -0.4 is 10.2 Å². The van der Waals surface area contributed by atoms with Gasteiger partial charge in [-0.25, -0.2) is 4.68 Å². The molecule has 0 amide bonds. The van der Waals surface area contributed by atoms with Crippen LogP contribution in [0.2, 0.25) is 0 Å². The van der Waals surface area contributed by atoms with Crippen molar-refractivity contribution in [3.05, 3.63) is 71.9 Å². The van der Waals surface area contributed by atoms with Gasteiger partial charge in [-0.3, -0.25) is 0 Å². The van der Waals surface area contributed by atoms with Crippen LogP contribution in [0.15, 0.2) is 60.7 Å². The Morgan fingerprint density at radius 2 is 1.57 bits per heavy atom. The first kappa shape index (κ1) is 14.0. The molecule has 2 aromatic carbocycles. The fourth-order valence-electron chi connectivity index (χ4n) is 2.85. The Morgan fingerprint density at radius 1 is 0.957 bits per heavy atom. The van der Waals surface area contributed by atoms with Crippen molar-refractivity contribution in [2.75, 3.05) is 10.2 Å². The van der Waals surface area contributed by atoms with Crippen LogP contribution >= 0.6 is 12.2 Å². The maximum absolute atomic E-state index is 5.58. The molecule has 5 heteroatoms. The fourth-order valence-corrected chi connectivity index (χ4v) is 3.12. The zero-order valence-electron chi connectivity index (χ0n) is 12.7. The number of benzene rings is 2. The van der Waals surface area contributed by atoms with Crippen LogP contribution in [0, 0.1) is 6.92 Å². The lowest BCUT2D eigenvalue weighted by Crippen LogP contribution is -2.39. The summed E-state index contributed by atoms with van der Waals surface area (Å²) < 4.78 is 1.93. The molecule has 4 rings (SSSR count). The van der Waals surface area contributed by atoms with Crippen molar-refractivity contribution in [1.29, 1.82) is 0 Å². The van der Waals surface area contributed by atoms with Crippen molar-refractivity contribution >= 4 is 28.8 Å². The van der Waals surface area contributed by atoms with E-state index in [0.29, 0.717) is 5.11 Å². The topological polar surface area (TPSA) is 33.1 Å². The summed E-state index contributed by atoms with van der Waals surface area (Å²) in [6.45, 7) is 2.77. The van der Waals surface area contributed by atoms with Crippen LogP contribution in [0.25, 0.3) is 5.69 Å². The summed E-state index contributed by atoms with van der Waals surface area (Å²) in [4.78, 5) is 2.10. The Hall–Kier alpha value is -2.66. The lowest BCUT2D eigenvalue weighted by Gasteiger charge is -2.30. The van der Waals surface area contributed by atoms with Gasteiger partial charge in [-0.05, 0) is 43.4 Å². The van der Waals surface area contributed by atoms with Gasteiger partial charge in [-0.15, -0.1) is 0 Å². The Morgan fingerprint density at radius 3 is 2.22 bits per heavy atom. The van der Waals surface area contributed by atoms with Gasteiger partial charge in [0.2, 0.25) is 0 Å². The Bertz CT molecular complexity index is 855. The molecule has 114 valence electrons. The lowest BCUT2D eigenvalue weighted by atomic mass is 10.1. The molecule has 1 N–H and O–H groups in total. The number of thiocarbonyl (C=S) groups is 1. The molecule has 0 saturated carbocycles. The molecule has 23 heavy (non-hydrogen) atoms. The number of anilines is 2. The number of nitrogens with zero attached hydrogens (tertiary/aromatic N) is 3. The third-order valence-corrected chi connectivity index (χ3v) is 4.36. The van der Waals surface area contributed by atoms with E-state index in [2.05, 4.69) is 22.3 Å². The molecule has 0 saturated heterocycles. The minimum Gasteiger partial charge on any atom is -0.317 e. The predicted molar refractivity (Wildman–Crippen MR) is 97.1 cm³/mol. The first-order valence-corrected chi connectivity index (χ1v) is 7.92. The highest BCUT2D eigenvalue weighted by atomic mass is 32.1. The molecule has 3 aromatic rings. The average Bonchev–Trinajstić information content (AvgIpc) is 2.92. The van der Waals surface area contributed by atoms with Crippen molar-refractivity contribution in [2.24, 2.45) is 0 Å². The number of nitrogens with one attached hydrogen (secondary N) is 1. The Labute approximate surface area is 140 Å². The molecular formula is C18H16N4S. The van der Waals surface area contributed by atoms with E-state index in [1.165, 1.54) is 5.56 Å². The number of hydrogen-bond acceptors (Lipinski definition) is 2. The molecule has 0 aliphatic carbocycles. The quantitative estimate of drug-likeness (QED) is 0.726. The predicted octanol–water partition coefficient (Wildman–Crippen LogP) is 3.90. The number of para-hydroxylation sites is 2. The normalized spacial score (nSPS) is 13.6. The van der Waals surface area contributed by atoms with Crippen LogP contribution in [0.1, 0.15) is 11.3 Å². The van der Waals surface area contributed by atoms with E-state index in [1.54, 1.807) is 0 Å². The molecule has 0 radical (unpaired) electrons. The van der Waals surface area contributed by atoms with E-state index in [1.807, 2.05) is 60.1 Å². The highest BCUT2D eigenvalue weighted by Gasteiger charge is 2.27. The minimum absolute atomic E-state index is 0.695. The van der Waals surface area contributed by atoms with Gasteiger partial charge in [0.1, 0.15) is 5.82 Å². The van der Waals surface area contributed by atoms with Crippen molar-refractivity contribution in [3.63, 3.8) is 0 Å². The van der Waals surface area contributed by atoms with Crippen LogP contribution in [-0.2, 0) is 6.54 Å². The van der Waals surface area contributed by atoms with Gasteiger partial charge in [-0.2, -0.15) is 5.10 Å². The van der Waals surface area contributed by atoms with Gasteiger partial charge in [0.25, 0.3) is 0 Å². The molecule has 0 fully saturated rings. The number of hydrogen-bond donors (Lipinski definition) is 1. The molecular weight excluding hydrogens is 304 g/mol. The number of rotatable bonds is 2. The van der Waals surface area contributed by atoms with Crippen molar-refractivity contribution in [2.45, 2.75) is 13.5 Å². The molecule has 4 nitrogen and oxygen atoms in total. The smallest absolute Gasteiger partial charge is 0.179 e. The first-order valence-electron chi connectivity index (χ1n) is 7.51. The molecule has 0 atom stereocenters. The van der Waals surface area contributed by atoms with Crippen LogP contribution in [0.4, 0.5) is 11.5 Å². The molecule has 1 aliphatic rings. The van der Waals surface area contributed by atoms with Crippen molar-refractivity contribution < 1.29 is 0 Å². The maximum atomic E-state index is 5.58. The van der Waals surface area contributed by atoms with Gasteiger partial charge < -0.3 is 10.2 Å². The number of aromatic nitrogens is 2. The number of fused-ring (bicyclic) bond motifs is 1. The summed E-state index contributed by atoms with van der Waals surface area (Å²) >= 11 is 5.58. The van der Waals surface area contributed by atoms with Crippen LogP contribution in [-0.4, -0.2) is 14.9 Å². The Kier molecular flexibility index (Phi) is 3.35. The summed E-state index contributed by atoms with van der Waals surface area (Å²) in [5, 5.41) is 8.74. The van der Waals surface area contributed by atoms with Gasteiger partial charge in [-0.1, -0.05) is 36.4 Å². The third-order valence-electron chi connectivity index (χ3n) is 4.04. The third kappa shape index (κ3) is 2.39. The highest BCUT2D eigenvalue weighted by molar-refractivity contribution is 7.80. The van der Waals surface area contributed by atoms with Gasteiger partial charge in [0.15, 0.2) is 5.11 Å². The second-order valence-electron chi connectivity index (χ2n) is 5.51. The highest BCUT2D eigenvalue weighted by Crippen LogP contribution is 2.31. The van der Waals surface area contributed by atoms with Crippen molar-refractivity contribution in [3.8, 4) is 5.69 Å². The van der Waals surface area contributed by atoms with E-state index in [4.69, 9.17) is 17.3 Å². The second-order valence-corrected chi connectivity index (χ2v) is 5.90. The summed E-state index contributed by atoms with van der Waals surface area (Å²) in [5.41, 5.74) is 4.30. The SMILES string of the molecule is Cc1nn(-c2ccccc2)c2c1CN(c1ccccc1)C(=S)N2. The lowest BCUT2D eigenvalue weighted by molar-refractivity contribution is 0.870. The number of aryl methyl sites for hydroxylation is 1. The van der Waals surface area contributed by atoms with E-state index in [9.17, 15) is 0 Å². The van der Waals surface area contributed by atoms with Gasteiger partial charge in [0, 0.05) is 11.3 Å². The van der Waals surface area contributed by atoms with E-state index in [-0.39, 0.29) is 0 Å². The van der Waals surface area contributed by atoms with E-state index in [0.717, 1.165) is 29.4 Å². The zero-order valence-corrected chi connectivity index (χ0v) is 13.5. The van der Waals surface area contributed by atoms with E-state index < -0.39 is 0 Å². The fraction of sp³-hybridized carbons (Fsp3) is 0.111. The molecule has 1 aromatic heterocycles. The van der Waals surface area contributed by atoms with E-state index >= 15 is 0 Å². The second kappa shape index (κ2) is 5.52. The van der Waals surface area contributed by atoms with Gasteiger partial charge >= 0.3 is 0 Å². The largest absolute Gasteiger partial charge is 0.317 e. The summed E-state index contributed by atoms with van der Waals surface area (Å²) in [6.07, 6.45) is 0. The molecule has 0 unspecified atom stereocenters. The maximum Gasteiger partial charge on any atom is 0.179 e. The van der Waals surface area contributed by atoms with Gasteiger partial charge in [0.05, 0.1) is 17.9 Å². The standard InChI is InChI=1S/C18H16N4S/c1-13-16-12-21(14-8-4-2-5-9-14)18(23)19-17(16)22(20-13)15-10-6-3-7-11-15/h2-11H,12H2,1H3,(H,19,23). The summed E-state index contributed by atoms with van der Waals surface area (Å²) in [7, 11) is 0. The molecule has 0 bridgehead atoms. The Balaban J connectivity index is 1.77.